The summed E-state index contributed by atoms with van der Waals surface area (Å²) in [6.07, 6.45) is 0. The molecule has 0 aromatic heterocycles. The summed E-state index contributed by atoms with van der Waals surface area (Å²) in [4.78, 5) is 14.1. The first-order valence-corrected chi connectivity index (χ1v) is 6.57. The first-order chi connectivity index (χ1) is 7.68. The lowest BCUT2D eigenvalue weighted by Crippen LogP contribution is -2.38. The Bertz CT molecular complexity index is 400. The fourth-order valence-electron chi connectivity index (χ4n) is 1.81. The van der Waals surface area contributed by atoms with Gasteiger partial charge in [0.1, 0.15) is 0 Å². The Morgan fingerprint density at radius 2 is 2.06 bits per heavy atom. The Kier molecular flexibility index (Phi) is 3.39. The summed E-state index contributed by atoms with van der Waals surface area (Å²) >= 11 is 1.89. The zero-order chi connectivity index (χ0) is 11.5. The molecule has 0 spiro atoms. The summed E-state index contributed by atoms with van der Waals surface area (Å²) in [6.45, 7) is 3.63. The molecule has 3 nitrogen and oxygen atoms in total. The number of carbonyl (C=O) groups excluding carboxylic acids is 1. The van der Waals surface area contributed by atoms with Crippen molar-refractivity contribution in [1.29, 1.82) is 0 Å². The number of nitrogen functional groups attached to an aromatic ring is 1. The topological polar surface area (TPSA) is 46.3 Å². The lowest BCUT2D eigenvalue weighted by Gasteiger charge is -2.26. The van der Waals surface area contributed by atoms with Crippen molar-refractivity contribution in [3.8, 4) is 0 Å². The number of aryl methyl sites for hydroxylation is 1. The molecular weight excluding hydrogens is 220 g/mol. The Morgan fingerprint density at radius 3 is 2.69 bits per heavy atom. The highest BCUT2D eigenvalue weighted by atomic mass is 32.2. The molecule has 0 aliphatic carbocycles. The van der Waals surface area contributed by atoms with E-state index in [1.54, 1.807) is 0 Å². The van der Waals surface area contributed by atoms with Gasteiger partial charge in [-0.2, -0.15) is 11.8 Å². The van der Waals surface area contributed by atoms with Gasteiger partial charge in [-0.25, -0.2) is 0 Å². The highest BCUT2D eigenvalue weighted by molar-refractivity contribution is 7.99. The van der Waals surface area contributed by atoms with Crippen molar-refractivity contribution in [1.82, 2.24) is 4.90 Å². The van der Waals surface area contributed by atoms with Gasteiger partial charge in [0.05, 0.1) is 5.56 Å². The summed E-state index contributed by atoms with van der Waals surface area (Å²) in [5.74, 6) is 2.12. The minimum Gasteiger partial charge on any atom is -0.398 e. The molecule has 0 atom stereocenters. The van der Waals surface area contributed by atoms with E-state index in [2.05, 4.69) is 0 Å². The van der Waals surface area contributed by atoms with Gasteiger partial charge >= 0.3 is 0 Å². The summed E-state index contributed by atoms with van der Waals surface area (Å²) < 4.78 is 0. The average molecular weight is 236 g/mol. The van der Waals surface area contributed by atoms with Gasteiger partial charge < -0.3 is 10.6 Å². The number of hydrogen-bond donors (Lipinski definition) is 1. The molecule has 1 aliphatic rings. The van der Waals surface area contributed by atoms with Gasteiger partial charge in [0.15, 0.2) is 0 Å². The van der Waals surface area contributed by atoms with Gasteiger partial charge in [-0.15, -0.1) is 0 Å². The summed E-state index contributed by atoms with van der Waals surface area (Å²) in [5.41, 5.74) is 8.19. The maximum absolute atomic E-state index is 12.2. The van der Waals surface area contributed by atoms with Crippen LogP contribution in [-0.2, 0) is 0 Å². The number of benzene rings is 1. The molecule has 0 bridgehead atoms. The van der Waals surface area contributed by atoms with Crippen molar-refractivity contribution in [2.45, 2.75) is 6.92 Å². The van der Waals surface area contributed by atoms with Gasteiger partial charge in [-0.1, -0.05) is 6.07 Å². The van der Waals surface area contributed by atoms with Crippen LogP contribution in [0.1, 0.15) is 15.9 Å². The van der Waals surface area contributed by atoms with Gasteiger partial charge in [0.25, 0.3) is 5.91 Å². The molecule has 1 saturated heterocycles. The Balaban J connectivity index is 2.19. The van der Waals surface area contributed by atoms with Crippen LogP contribution < -0.4 is 5.73 Å². The monoisotopic (exact) mass is 236 g/mol. The summed E-state index contributed by atoms with van der Waals surface area (Å²) in [7, 11) is 0. The molecule has 1 aromatic carbocycles. The first kappa shape index (κ1) is 11.3. The van der Waals surface area contributed by atoms with Gasteiger partial charge in [-0.05, 0) is 24.6 Å². The van der Waals surface area contributed by atoms with Crippen molar-refractivity contribution in [3.63, 3.8) is 0 Å². The van der Waals surface area contributed by atoms with E-state index in [1.807, 2.05) is 41.8 Å². The second kappa shape index (κ2) is 4.78. The number of anilines is 1. The molecule has 0 unspecified atom stereocenters. The van der Waals surface area contributed by atoms with Crippen LogP contribution in [0.4, 0.5) is 5.69 Å². The number of hydrogen-bond acceptors (Lipinski definition) is 3. The van der Waals surface area contributed by atoms with Crippen molar-refractivity contribution in [2.75, 3.05) is 30.3 Å². The standard InChI is InChI=1S/C12H16N2OS/c1-9-2-3-10(11(13)8-9)12(15)14-4-6-16-7-5-14/h2-3,8H,4-7,13H2,1H3. The Labute approximate surface area is 100.0 Å². The Morgan fingerprint density at radius 1 is 1.38 bits per heavy atom. The fraction of sp³-hybridized carbons (Fsp3) is 0.417. The van der Waals surface area contributed by atoms with Crippen molar-refractivity contribution in [3.05, 3.63) is 29.3 Å². The molecule has 2 rings (SSSR count). The SMILES string of the molecule is Cc1ccc(C(=O)N2CCSCC2)c(N)c1. The van der Waals surface area contributed by atoms with E-state index in [-0.39, 0.29) is 5.91 Å². The number of thioether (sulfide) groups is 1. The van der Waals surface area contributed by atoms with Crippen LogP contribution in [0, 0.1) is 6.92 Å². The lowest BCUT2D eigenvalue weighted by atomic mass is 10.1. The molecule has 1 amide bonds. The normalized spacial score (nSPS) is 16.2. The van der Waals surface area contributed by atoms with Crippen molar-refractivity contribution >= 4 is 23.4 Å². The third-order valence-corrected chi connectivity index (χ3v) is 3.68. The van der Waals surface area contributed by atoms with E-state index >= 15 is 0 Å². The van der Waals surface area contributed by atoms with Crippen molar-refractivity contribution < 1.29 is 4.79 Å². The molecule has 1 fully saturated rings. The highest BCUT2D eigenvalue weighted by Crippen LogP contribution is 2.18. The minimum atomic E-state index is 0.0674. The predicted molar refractivity (Wildman–Crippen MR) is 68.8 cm³/mol. The first-order valence-electron chi connectivity index (χ1n) is 5.41. The summed E-state index contributed by atoms with van der Waals surface area (Å²) in [5, 5.41) is 0. The zero-order valence-electron chi connectivity index (χ0n) is 9.40. The average Bonchev–Trinajstić information content (AvgIpc) is 2.29. The molecule has 1 aromatic rings. The number of nitrogens with zero attached hydrogens (tertiary/aromatic N) is 1. The fourth-order valence-corrected chi connectivity index (χ4v) is 2.72. The number of carbonyl (C=O) groups is 1. The van der Waals surface area contributed by atoms with Crippen LogP contribution in [-0.4, -0.2) is 35.4 Å². The van der Waals surface area contributed by atoms with Gasteiger partial charge in [-0.3, -0.25) is 4.79 Å². The lowest BCUT2D eigenvalue weighted by molar-refractivity contribution is 0.0773. The molecule has 4 heteroatoms. The molecule has 16 heavy (non-hydrogen) atoms. The van der Waals surface area contributed by atoms with Crippen LogP contribution in [0.5, 0.6) is 0 Å². The van der Waals surface area contributed by atoms with E-state index in [1.165, 1.54) is 0 Å². The minimum absolute atomic E-state index is 0.0674. The molecule has 2 N–H and O–H groups in total. The second-order valence-corrected chi connectivity index (χ2v) is 5.22. The molecule has 86 valence electrons. The molecular formula is C12H16N2OS. The third-order valence-electron chi connectivity index (χ3n) is 2.74. The van der Waals surface area contributed by atoms with Crippen LogP contribution in [0.2, 0.25) is 0 Å². The second-order valence-electron chi connectivity index (χ2n) is 4.00. The highest BCUT2D eigenvalue weighted by Gasteiger charge is 2.19. The largest absolute Gasteiger partial charge is 0.398 e. The molecule has 1 heterocycles. The van der Waals surface area contributed by atoms with Crippen molar-refractivity contribution in [2.24, 2.45) is 0 Å². The smallest absolute Gasteiger partial charge is 0.255 e. The van der Waals surface area contributed by atoms with Crippen LogP contribution in [0.25, 0.3) is 0 Å². The quantitative estimate of drug-likeness (QED) is 0.756. The van der Waals surface area contributed by atoms with E-state index in [4.69, 9.17) is 5.73 Å². The molecule has 0 radical (unpaired) electrons. The number of nitrogens with two attached hydrogens (primary N) is 1. The van der Waals surface area contributed by atoms with Gasteiger partial charge in [0, 0.05) is 30.3 Å². The zero-order valence-corrected chi connectivity index (χ0v) is 10.2. The van der Waals surface area contributed by atoms with E-state index in [0.717, 1.165) is 30.2 Å². The number of amides is 1. The van der Waals surface area contributed by atoms with E-state index < -0.39 is 0 Å². The van der Waals surface area contributed by atoms with Crippen LogP contribution in [0.15, 0.2) is 18.2 Å². The Hall–Kier alpha value is -1.16. The number of rotatable bonds is 1. The maximum Gasteiger partial charge on any atom is 0.255 e. The summed E-state index contributed by atoms with van der Waals surface area (Å²) in [6, 6.07) is 5.61. The van der Waals surface area contributed by atoms with E-state index in [0.29, 0.717) is 11.3 Å². The predicted octanol–water partition coefficient (Wildman–Crippen LogP) is 1.77. The van der Waals surface area contributed by atoms with Crippen LogP contribution in [0.3, 0.4) is 0 Å². The maximum atomic E-state index is 12.2. The van der Waals surface area contributed by atoms with Crippen LogP contribution >= 0.6 is 11.8 Å². The van der Waals surface area contributed by atoms with Gasteiger partial charge in [0.2, 0.25) is 0 Å². The third kappa shape index (κ3) is 2.32. The van der Waals surface area contributed by atoms with E-state index in [9.17, 15) is 4.79 Å². The molecule has 0 saturated carbocycles. The molecule has 1 aliphatic heterocycles.